The fourth-order valence-corrected chi connectivity index (χ4v) is 3.34. The fraction of sp³-hybridized carbons (Fsp3) is 0.588. The van der Waals surface area contributed by atoms with Crippen LogP contribution in [0, 0.1) is 16.7 Å². The third kappa shape index (κ3) is 1.83. The largest absolute Gasteiger partial charge is 0.490 e. The molecule has 0 N–H and O–H groups in total. The molecule has 1 aromatic carbocycles. The van der Waals surface area contributed by atoms with Gasteiger partial charge >= 0.3 is 0 Å². The number of fused-ring (bicyclic) bond motifs is 1. The van der Waals surface area contributed by atoms with Crippen molar-refractivity contribution in [2.45, 2.75) is 34.1 Å². The molecule has 1 aliphatic heterocycles. The molecule has 0 bridgehead atoms. The molecule has 1 aromatic rings. The van der Waals surface area contributed by atoms with Gasteiger partial charge < -0.3 is 9.47 Å². The molecule has 108 valence electrons. The minimum Gasteiger partial charge on any atom is -0.490 e. The molecule has 0 aromatic heterocycles. The maximum absolute atomic E-state index is 12.7. The number of Topliss-reactive ketones (excluding diaryl/α,β-unsaturated/α-hetero) is 1. The quantitative estimate of drug-likeness (QED) is 0.771. The number of carbonyl (C=O) groups excluding carboxylic acids is 1. The maximum Gasteiger partial charge on any atom is 0.167 e. The van der Waals surface area contributed by atoms with E-state index in [2.05, 4.69) is 27.7 Å². The van der Waals surface area contributed by atoms with Gasteiger partial charge in [0, 0.05) is 17.9 Å². The zero-order valence-corrected chi connectivity index (χ0v) is 12.7. The normalized spacial score (nSPS) is 23.0. The van der Waals surface area contributed by atoms with E-state index in [9.17, 15) is 4.79 Å². The highest BCUT2D eigenvalue weighted by Gasteiger charge is 2.67. The van der Waals surface area contributed by atoms with Gasteiger partial charge in [0.25, 0.3) is 0 Å². The molecule has 0 atom stereocenters. The van der Waals surface area contributed by atoms with Crippen LogP contribution in [0.5, 0.6) is 11.5 Å². The highest BCUT2D eigenvalue weighted by Crippen LogP contribution is 2.69. The molecule has 20 heavy (non-hydrogen) atoms. The number of ketones is 1. The number of rotatable bonds is 2. The Labute approximate surface area is 120 Å². The van der Waals surface area contributed by atoms with Gasteiger partial charge in [0.15, 0.2) is 17.3 Å². The zero-order valence-electron chi connectivity index (χ0n) is 12.7. The summed E-state index contributed by atoms with van der Waals surface area (Å²) in [7, 11) is 0. The highest BCUT2D eigenvalue weighted by atomic mass is 16.5. The Bertz CT molecular complexity index is 543. The van der Waals surface area contributed by atoms with E-state index in [0.29, 0.717) is 19.0 Å². The summed E-state index contributed by atoms with van der Waals surface area (Å²) in [4.78, 5) is 12.7. The van der Waals surface area contributed by atoms with Crippen LogP contribution < -0.4 is 9.47 Å². The molecule has 0 amide bonds. The average Bonchev–Trinajstić information content (AvgIpc) is 2.91. The summed E-state index contributed by atoms with van der Waals surface area (Å²) < 4.78 is 11.3. The molecule has 1 saturated carbocycles. The predicted octanol–water partition coefficient (Wildman–Crippen LogP) is 3.71. The van der Waals surface area contributed by atoms with Gasteiger partial charge in [0.1, 0.15) is 0 Å². The van der Waals surface area contributed by atoms with Gasteiger partial charge in [0.05, 0.1) is 13.2 Å². The Hall–Kier alpha value is -1.51. The van der Waals surface area contributed by atoms with Crippen molar-refractivity contribution >= 4 is 5.78 Å². The highest BCUT2D eigenvalue weighted by molar-refractivity contribution is 6.01. The van der Waals surface area contributed by atoms with Crippen molar-refractivity contribution in [2.24, 2.45) is 16.7 Å². The molecule has 1 aliphatic carbocycles. The molecule has 3 heteroatoms. The lowest BCUT2D eigenvalue weighted by atomic mass is 10.0. The maximum atomic E-state index is 12.7. The Kier molecular flexibility index (Phi) is 2.86. The van der Waals surface area contributed by atoms with Crippen molar-refractivity contribution < 1.29 is 14.3 Å². The summed E-state index contributed by atoms with van der Waals surface area (Å²) in [5.41, 5.74) is 0.862. The van der Waals surface area contributed by atoms with Gasteiger partial charge in [-0.15, -0.1) is 0 Å². The first-order chi connectivity index (χ1) is 9.35. The molecular weight excluding hydrogens is 252 g/mol. The van der Waals surface area contributed by atoms with E-state index < -0.39 is 0 Å². The summed E-state index contributed by atoms with van der Waals surface area (Å²) in [5.74, 6) is 1.74. The topological polar surface area (TPSA) is 35.5 Å². The van der Waals surface area contributed by atoms with Crippen LogP contribution in [0.3, 0.4) is 0 Å². The van der Waals surface area contributed by atoms with E-state index in [1.165, 1.54) is 0 Å². The third-order valence-corrected chi connectivity index (χ3v) is 5.31. The van der Waals surface area contributed by atoms with Gasteiger partial charge in [-0.2, -0.15) is 0 Å². The Morgan fingerprint density at radius 2 is 1.65 bits per heavy atom. The smallest absolute Gasteiger partial charge is 0.167 e. The molecule has 0 unspecified atom stereocenters. The minimum atomic E-state index is 0.0637. The van der Waals surface area contributed by atoms with Crippen LogP contribution in [-0.4, -0.2) is 19.0 Å². The first-order valence-corrected chi connectivity index (χ1v) is 7.29. The molecular formula is C17H22O3. The van der Waals surface area contributed by atoms with Crippen LogP contribution >= 0.6 is 0 Å². The van der Waals surface area contributed by atoms with E-state index in [0.717, 1.165) is 17.7 Å². The number of benzene rings is 1. The van der Waals surface area contributed by atoms with Crippen molar-refractivity contribution in [1.29, 1.82) is 0 Å². The van der Waals surface area contributed by atoms with Crippen LogP contribution in [0.1, 0.15) is 44.5 Å². The van der Waals surface area contributed by atoms with Crippen molar-refractivity contribution in [2.75, 3.05) is 13.2 Å². The second-order valence-electron chi connectivity index (χ2n) is 6.95. The van der Waals surface area contributed by atoms with Crippen LogP contribution in [0.4, 0.5) is 0 Å². The van der Waals surface area contributed by atoms with Crippen molar-refractivity contribution in [3.05, 3.63) is 23.8 Å². The molecule has 1 fully saturated rings. The number of hydrogen-bond donors (Lipinski definition) is 0. The minimum absolute atomic E-state index is 0.0637. The molecule has 0 saturated heterocycles. The van der Waals surface area contributed by atoms with Gasteiger partial charge in [-0.05, 0) is 29.0 Å². The van der Waals surface area contributed by atoms with Crippen molar-refractivity contribution in [3.63, 3.8) is 0 Å². The molecule has 1 heterocycles. The van der Waals surface area contributed by atoms with E-state index in [1.807, 2.05) is 18.2 Å². The molecule has 3 nitrogen and oxygen atoms in total. The lowest BCUT2D eigenvalue weighted by Gasteiger charge is -2.09. The van der Waals surface area contributed by atoms with Crippen LogP contribution in [0.15, 0.2) is 18.2 Å². The lowest BCUT2D eigenvalue weighted by Crippen LogP contribution is -2.08. The summed E-state index contributed by atoms with van der Waals surface area (Å²) in [6.07, 6.45) is 0.876. The molecule has 0 spiro atoms. The Morgan fingerprint density at radius 1 is 1.05 bits per heavy atom. The Morgan fingerprint density at radius 3 is 2.25 bits per heavy atom. The summed E-state index contributed by atoms with van der Waals surface area (Å²) in [6, 6.07) is 5.56. The third-order valence-electron chi connectivity index (χ3n) is 5.31. The van der Waals surface area contributed by atoms with Gasteiger partial charge in [-0.25, -0.2) is 0 Å². The van der Waals surface area contributed by atoms with Crippen LogP contribution in [-0.2, 0) is 0 Å². The van der Waals surface area contributed by atoms with Crippen LogP contribution in [0.25, 0.3) is 0 Å². The number of carbonyl (C=O) groups is 1. The monoisotopic (exact) mass is 274 g/mol. The SMILES string of the molecule is CC1(C)C(C(=O)c2ccc3c(c2)OCCCO3)C1(C)C. The van der Waals surface area contributed by atoms with E-state index >= 15 is 0 Å². The Balaban J connectivity index is 1.89. The van der Waals surface area contributed by atoms with Crippen molar-refractivity contribution in [1.82, 2.24) is 0 Å². The van der Waals surface area contributed by atoms with Gasteiger partial charge in [-0.3, -0.25) is 4.79 Å². The summed E-state index contributed by atoms with van der Waals surface area (Å²) in [6.45, 7) is 9.97. The second-order valence-corrected chi connectivity index (χ2v) is 6.95. The number of hydrogen-bond acceptors (Lipinski definition) is 3. The van der Waals surface area contributed by atoms with Crippen molar-refractivity contribution in [3.8, 4) is 11.5 Å². The molecule has 3 rings (SSSR count). The van der Waals surface area contributed by atoms with Gasteiger partial charge in [0.2, 0.25) is 0 Å². The van der Waals surface area contributed by atoms with Gasteiger partial charge in [-0.1, -0.05) is 27.7 Å². The van der Waals surface area contributed by atoms with E-state index in [1.54, 1.807) is 0 Å². The fourth-order valence-electron chi connectivity index (χ4n) is 3.34. The van der Waals surface area contributed by atoms with E-state index in [4.69, 9.17) is 9.47 Å². The first kappa shape index (κ1) is 13.5. The zero-order chi connectivity index (χ0) is 14.5. The molecule has 2 aliphatic rings. The summed E-state index contributed by atoms with van der Waals surface area (Å²) >= 11 is 0. The van der Waals surface area contributed by atoms with E-state index in [-0.39, 0.29) is 22.5 Å². The number of ether oxygens (including phenoxy) is 2. The predicted molar refractivity (Wildman–Crippen MR) is 77.4 cm³/mol. The average molecular weight is 274 g/mol. The second kappa shape index (κ2) is 4.24. The first-order valence-electron chi connectivity index (χ1n) is 7.29. The summed E-state index contributed by atoms with van der Waals surface area (Å²) in [5, 5.41) is 0. The standard InChI is InChI=1S/C17H22O3/c1-16(2)15(17(16,3)4)14(18)11-6-7-12-13(10-11)20-9-5-8-19-12/h6-7,10,15H,5,8-9H2,1-4H3. The molecule has 0 radical (unpaired) electrons. The lowest BCUT2D eigenvalue weighted by molar-refractivity contribution is 0.0944. The van der Waals surface area contributed by atoms with Crippen LogP contribution in [0.2, 0.25) is 0 Å².